The summed E-state index contributed by atoms with van der Waals surface area (Å²) in [5.41, 5.74) is 6.41. The molecule has 0 fully saturated rings. The van der Waals surface area contributed by atoms with E-state index in [1.807, 2.05) is 18.2 Å². The van der Waals surface area contributed by atoms with E-state index in [4.69, 9.17) is 10.8 Å². The van der Waals surface area contributed by atoms with E-state index in [1.165, 1.54) is 4.90 Å². The van der Waals surface area contributed by atoms with Crippen molar-refractivity contribution in [2.75, 3.05) is 11.5 Å². The van der Waals surface area contributed by atoms with Crippen molar-refractivity contribution >= 4 is 39.3 Å². The minimum Gasteiger partial charge on any atom is -0.481 e. The first-order valence-electron chi connectivity index (χ1n) is 5.49. The molecule has 0 heterocycles. The highest BCUT2D eigenvalue weighted by molar-refractivity contribution is 9.10. The molecule has 0 radical (unpaired) electrons. The van der Waals surface area contributed by atoms with Crippen LogP contribution in [-0.4, -0.2) is 16.8 Å². The second-order valence-corrected chi connectivity index (χ2v) is 5.73. The maximum Gasteiger partial charge on any atom is 0.303 e. The Morgan fingerprint density at radius 2 is 2.12 bits per heavy atom. The number of carboxylic acids is 1. The van der Waals surface area contributed by atoms with E-state index in [0.717, 1.165) is 35.2 Å². The number of rotatable bonds is 7. The molecule has 0 saturated carbocycles. The van der Waals surface area contributed by atoms with Crippen LogP contribution in [0.5, 0.6) is 0 Å². The number of nitrogen functional groups attached to an aromatic ring is 1. The van der Waals surface area contributed by atoms with E-state index in [9.17, 15) is 4.79 Å². The second-order valence-electron chi connectivity index (χ2n) is 3.74. The van der Waals surface area contributed by atoms with Gasteiger partial charge in [-0.1, -0.05) is 6.42 Å². The summed E-state index contributed by atoms with van der Waals surface area (Å²) in [5.74, 6) is 0.293. The normalized spacial score (nSPS) is 10.4. The Kier molecular flexibility index (Phi) is 6.44. The zero-order chi connectivity index (χ0) is 12.7. The van der Waals surface area contributed by atoms with Crippen LogP contribution in [0.25, 0.3) is 0 Å². The van der Waals surface area contributed by atoms with Crippen LogP contribution in [0.2, 0.25) is 0 Å². The van der Waals surface area contributed by atoms with E-state index in [0.29, 0.717) is 0 Å². The van der Waals surface area contributed by atoms with Crippen LogP contribution in [-0.2, 0) is 4.79 Å². The Bertz CT molecular complexity index is 385. The average Bonchev–Trinajstić information content (AvgIpc) is 2.25. The molecule has 17 heavy (non-hydrogen) atoms. The number of carboxylic acid groups (broad SMARTS) is 1. The Balaban J connectivity index is 2.20. The fourth-order valence-electron chi connectivity index (χ4n) is 1.37. The lowest BCUT2D eigenvalue weighted by molar-refractivity contribution is -0.137. The van der Waals surface area contributed by atoms with Gasteiger partial charge in [0.15, 0.2) is 0 Å². The van der Waals surface area contributed by atoms with Gasteiger partial charge < -0.3 is 10.8 Å². The van der Waals surface area contributed by atoms with Crippen LogP contribution in [0.4, 0.5) is 5.69 Å². The number of benzene rings is 1. The van der Waals surface area contributed by atoms with Crippen molar-refractivity contribution in [3.8, 4) is 0 Å². The molecule has 94 valence electrons. The minimum atomic E-state index is -0.709. The van der Waals surface area contributed by atoms with Crippen LogP contribution in [0.1, 0.15) is 25.7 Å². The number of anilines is 1. The average molecular weight is 318 g/mol. The van der Waals surface area contributed by atoms with Crippen molar-refractivity contribution in [1.29, 1.82) is 0 Å². The van der Waals surface area contributed by atoms with Gasteiger partial charge in [0.05, 0.1) is 0 Å². The number of carbonyl (C=O) groups is 1. The SMILES string of the molecule is Nc1ccc(SCCCCCC(=O)O)c(Br)c1. The molecule has 0 bridgehead atoms. The van der Waals surface area contributed by atoms with E-state index < -0.39 is 5.97 Å². The van der Waals surface area contributed by atoms with Gasteiger partial charge in [0.2, 0.25) is 0 Å². The number of unbranched alkanes of at least 4 members (excludes halogenated alkanes) is 2. The molecule has 0 amide bonds. The Morgan fingerprint density at radius 1 is 1.35 bits per heavy atom. The third kappa shape index (κ3) is 5.98. The zero-order valence-corrected chi connectivity index (χ0v) is 11.9. The van der Waals surface area contributed by atoms with Gasteiger partial charge >= 0.3 is 5.97 Å². The molecule has 0 aliphatic rings. The molecular weight excluding hydrogens is 302 g/mol. The molecule has 0 spiro atoms. The van der Waals surface area contributed by atoms with Crippen molar-refractivity contribution in [2.24, 2.45) is 0 Å². The van der Waals surface area contributed by atoms with Crippen LogP contribution in [0, 0.1) is 0 Å². The molecule has 5 heteroatoms. The van der Waals surface area contributed by atoms with Gasteiger partial charge in [-0.15, -0.1) is 11.8 Å². The molecule has 0 aromatic heterocycles. The molecule has 0 unspecified atom stereocenters. The maximum absolute atomic E-state index is 10.3. The van der Waals surface area contributed by atoms with Gasteiger partial charge in [-0.25, -0.2) is 0 Å². The number of thioether (sulfide) groups is 1. The van der Waals surface area contributed by atoms with Crippen LogP contribution >= 0.6 is 27.7 Å². The summed E-state index contributed by atoms with van der Waals surface area (Å²) >= 11 is 5.24. The van der Waals surface area contributed by atoms with E-state index >= 15 is 0 Å². The number of aliphatic carboxylic acids is 1. The number of hydrogen-bond donors (Lipinski definition) is 2. The van der Waals surface area contributed by atoms with Gasteiger partial charge in [0.25, 0.3) is 0 Å². The van der Waals surface area contributed by atoms with Crippen LogP contribution < -0.4 is 5.73 Å². The molecule has 0 saturated heterocycles. The zero-order valence-electron chi connectivity index (χ0n) is 9.49. The third-order valence-electron chi connectivity index (χ3n) is 2.25. The number of halogens is 1. The molecular formula is C12H16BrNO2S. The second kappa shape index (κ2) is 7.61. The summed E-state index contributed by atoms with van der Waals surface area (Å²) in [6, 6.07) is 5.78. The van der Waals surface area contributed by atoms with Gasteiger partial charge in [0, 0.05) is 21.5 Å². The van der Waals surface area contributed by atoms with Crippen LogP contribution in [0.15, 0.2) is 27.6 Å². The maximum atomic E-state index is 10.3. The Labute approximate surface area is 114 Å². The number of nitrogens with two attached hydrogens (primary N) is 1. The molecule has 0 aliphatic heterocycles. The van der Waals surface area contributed by atoms with Crippen molar-refractivity contribution < 1.29 is 9.90 Å². The van der Waals surface area contributed by atoms with Gasteiger partial charge in [-0.3, -0.25) is 4.79 Å². The molecule has 1 aromatic carbocycles. The summed E-state index contributed by atoms with van der Waals surface area (Å²) in [4.78, 5) is 11.5. The van der Waals surface area contributed by atoms with Gasteiger partial charge in [-0.05, 0) is 52.7 Å². The fraction of sp³-hybridized carbons (Fsp3) is 0.417. The van der Waals surface area contributed by atoms with E-state index in [-0.39, 0.29) is 6.42 Å². The predicted molar refractivity (Wildman–Crippen MR) is 75.4 cm³/mol. The third-order valence-corrected chi connectivity index (χ3v) is 4.33. The minimum absolute atomic E-state index is 0.274. The summed E-state index contributed by atoms with van der Waals surface area (Å²) in [6.07, 6.45) is 3.04. The monoisotopic (exact) mass is 317 g/mol. The highest BCUT2D eigenvalue weighted by atomic mass is 79.9. The van der Waals surface area contributed by atoms with Gasteiger partial charge in [-0.2, -0.15) is 0 Å². The topological polar surface area (TPSA) is 63.3 Å². The molecule has 3 N–H and O–H groups in total. The Morgan fingerprint density at radius 3 is 2.76 bits per heavy atom. The Hall–Kier alpha value is -0.680. The molecule has 1 aromatic rings. The molecule has 0 aliphatic carbocycles. The fourth-order valence-corrected chi connectivity index (χ4v) is 3.04. The largest absolute Gasteiger partial charge is 0.481 e. The smallest absolute Gasteiger partial charge is 0.303 e. The molecule has 3 nitrogen and oxygen atoms in total. The quantitative estimate of drug-likeness (QED) is 0.456. The summed E-state index contributed by atoms with van der Waals surface area (Å²) in [5, 5.41) is 8.49. The lowest BCUT2D eigenvalue weighted by atomic mass is 10.2. The van der Waals surface area contributed by atoms with Crippen molar-refractivity contribution in [3.63, 3.8) is 0 Å². The summed E-state index contributed by atoms with van der Waals surface area (Å²) in [6.45, 7) is 0. The molecule has 1 rings (SSSR count). The van der Waals surface area contributed by atoms with Crippen molar-refractivity contribution in [2.45, 2.75) is 30.6 Å². The van der Waals surface area contributed by atoms with Crippen LogP contribution in [0.3, 0.4) is 0 Å². The highest BCUT2D eigenvalue weighted by Crippen LogP contribution is 2.29. The lowest BCUT2D eigenvalue weighted by Gasteiger charge is -2.05. The molecule has 0 atom stereocenters. The standard InChI is InChI=1S/C12H16BrNO2S/c13-10-8-9(14)5-6-11(10)17-7-3-1-2-4-12(15)16/h5-6,8H,1-4,7,14H2,(H,15,16). The predicted octanol–water partition coefficient (Wildman–Crippen LogP) is 3.77. The van der Waals surface area contributed by atoms with E-state index in [1.54, 1.807) is 11.8 Å². The highest BCUT2D eigenvalue weighted by Gasteiger charge is 2.01. The summed E-state index contributed by atoms with van der Waals surface area (Å²) in [7, 11) is 0. The first-order chi connectivity index (χ1) is 8.09. The van der Waals surface area contributed by atoms with Gasteiger partial charge in [0.1, 0.15) is 0 Å². The van der Waals surface area contributed by atoms with Crippen molar-refractivity contribution in [3.05, 3.63) is 22.7 Å². The number of hydrogen-bond acceptors (Lipinski definition) is 3. The summed E-state index contributed by atoms with van der Waals surface area (Å²) < 4.78 is 1.02. The van der Waals surface area contributed by atoms with E-state index in [2.05, 4.69) is 15.9 Å². The lowest BCUT2D eigenvalue weighted by Crippen LogP contribution is -1.94. The first-order valence-corrected chi connectivity index (χ1v) is 7.27. The van der Waals surface area contributed by atoms with Crippen molar-refractivity contribution in [1.82, 2.24) is 0 Å². The first kappa shape index (κ1) is 14.4.